The molecule has 0 aliphatic heterocycles. The van der Waals surface area contributed by atoms with Gasteiger partial charge < -0.3 is 15.5 Å². The number of hydrogen-bond donors (Lipinski definition) is 3. The monoisotopic (exact) mass is 319 g/mol. The van der Waals surface area contributed by atoms with Crippen LogP contribution in [-0.4, -0.2) is 28.8 Å². The Labute approximate surface area is 113 Å². The van der Waals surface area contributed by atoms with Crippen LogP contribution in [0.5, 0.6) is 0 Å². The molecular weight excluding hydrogens is 305 g/mol. The van der Waals surface area contributed by atoms with Crippen LogP contribution >= 0.6 is 15.9 Å². The van der Waals surface area contributed by atoms with E-state index in [2.05, 4.69) is 21.2 Å². The molecule has 3 N–H and O–H groups in total. The highest BCUT2D eigenvalue weighted by Crippen LogP contribution is 2.25. The first-order valence-corrected chi connectivity index (χ1v) is 6.26. The van der Waals surface area contributed by atoms with E-state index >= 15 is 0 Å². The van der Waals surface area contributed by atoms with Gasteiger partial charge >= 0.3 is 0 Å². The van der Waals surface area contributed by atoms with E-state index in [4.69, 9.17) is 0 Å². The molecule has 2 unspecified atom stereocenters. The Kier molecular flexibility index (Phi) is 5.71. The maximum Gasteiger partial charge on any atom is 0.216 e. The maximum atomic E-state index is 13.5. The number of hydrogen-bond acceptors (Lipinski definition) is 3. The fourth-order valence-corrected chi connectivity index (χ4v) is 1.88. The Morgan fingerprint density at radius 1 is 1.50 bits per heavy atom. The molecule has 4 nitrogen and oxygen atoms in total. The van der Waals surface area contributed by atoms with Gasteiger partial charge in [-0.2, -0.15) is 0 Å². The van der Waals surface area contributed by atoms with Crippen molar-refractivity contribution in [3.05, 3.63) is 34.1 Å². The molecule has 0 radical (unpaired) electrons. The highest BCUT2D eigenvalue weighted by atomic mass is 79.9. The first kappa shape index (κ1) is 15.1. The molecule has 0 bridgehead atoms. The summed E-state index contributed by atoms with van der Waals surface area (Å²) in [5.74, 6) is -0.797. The Morgan fingerprint density at radius 2 is 2.17 bits per heavy atom. The van der Waals surface area contributed by atoms with Crippen LogP contribution in [0.3, 0.4) is 0 Å². The quantitative estimate of drug-likeness (QED) is 0.770. The number of nitrogens with one attached hydrogen (secondary N) is 1. The van der Waals surface area contributed by atoms with E-state index < -0.39 is 18.0 Å². The largest absolute Gasteiger partial charge is 0.390 e. The summed E-state index contributed by atoms with van der Waals surface area (Å²) < 4.78 is 14.1. The number of benzene rings is 1. The highest BCUT2D eigenvalue weighted by molar-refractivity contribution is 9.10. The molecule has 1 rings (SSSR count). The first-order valence-electron chi connectivity index (χ1n) is 5.47. The SMILES string of the molecule is CC(=O)NCCC(O)C(O)c1cc(Br)ccc1F. The molecule has 1 aromatic carbocycles. The summed E-state index contributed by atoms with van der Waals surface area (Å²) in [5.41, 5.74) is 0.0275. The molecule has 1 amide bonds. The van der Waals surface area contributed by atoms with Gasteiger partial charge in [0.1, 0.15) is 11.9 Å². The van der Waals surface area contributed by atoms with Crippen molar-refractivity contribution in [2.45, 2.75) is 25.6 Å². The van der Waals surface area contributed by atoms with Crippen LogP contribution in [0, 0.1) is 5.82 Å². The minimum atomic E-state index is -1.32. The van der Waals surface area contributed by atoms with Gasteiger partial charge in [-0.05, 0) is 24.6 Å². The molecule has 0 spiro atoms. The Bertz CT molecular complexity index is 428. The summed E-state index contributed by atoms with van der Waals surface area (Å²) in [5, 5.41) is 22.0. The average Bonchev–Trinajstić information content (AvgIpc) is 2.30. The predicted molar refractivity (Wildman–Crippen MR) is 68.4 cm³/mol. The van der Waals surface area contributed by atoms with Gasteiger partial charge in [0.15, 0.2) is 0 Å². The lowest BCUT2D eigenvalue weighted by Gasteiger charge is -2.19. The standard InChI is InChI=1S/C12H15BrFNO3/c1-7(16)15-5-4-11(17)12(18)9-6-8(13)2-3-10(9)14/h2-3,6,11-12,17-18H,4-5H2,1H3,(H,15,16). The number of aliphatic hydroxyl groups excluding tert-OH is 2. The molecule has 0 aliphatic rings. The van der Waals surface area contributed by atoms with Crippen molar-refractivity contribution in [2.24, 2.45) is 0 Å². The van der Waals surface area contributed by atoms with E-state index in [9.17, 15) is 19.4 Å². The van der Waals surface area contributed by atoms with Crippen LogP contribution in [-0.2, 0) is 4.79 Å². The van der Waals surface area contributed by atoms with Gasteiger partial charge in [0.25, 0.3) is 0 Å². The van der Waals surface area contributed by atoms with Crippen LogP contribution < -0.4 is 5.32 Å². The summed E-state index contributed by atoms with van der Waals surface area (Å²) in [4.78, 5) is 10.6. The molecule has 18 heavy (non-hydrogen) atoms. The number of carbonyl (C=O) groups excluding carboxylic acids is 1. The fraction of sp³-hybridized carbons (Fsp3) is 0.417. The molecule has 0 heterocycles. The van der Waals surface area contributed by atoms with E-state index in [1.807, 2.05) is 0 Å². The van der Waals surface area contributed by atoms with Crippen LogP contribution in [0.4, 0.5) is 4.39 Å². The van der Waals surface area contributed by atoms with Crippen LogP contribution in [0.1, 0.15) is 25.0 Å². The second kappa shape index (κ2) is 6.82. The Hall–Kier alpha value is -0.980. The molecule has 6 heteroatoms. The van der Waals surface area contributed by atoms with Crippen molar-refractivity contribution >= 4 is 21.8 Å². The molecule has 0 aromatic heterocycles. The number of carbonyl (C=O) groups is 1. The third-order valence-corrected chi connectivity index (χ3v) is 2.95. The molecule has 0 saturated heterocycles. The minimum absolute atomic E-state index is 0.0275. The second-order valence-electron chi connectivity index (χ2n) is 3.95. The number of halogens is 2. The summed E-state index contributed by atoms with van der Waals surface area (Å²) in [7, 11) is 0. The lowest BCUT2D eigenvalue weighted by Crippen LogP contribution is -2.28. The Morgan fingerprint density at radius 3 is 2.78 bits per heavy atom. The highest BCUT2D eigenvalue weighted by Gasteiger charge is 2.21. The number of amides is 1. The number of rotatable bonds is 5. The maximum absolute atomic E-state index is 13.5. The topological polar surface area (TPSA) is 69.6 Å². The van der Waals surface area contributed by atoms with Crippen molar-refractivity contribution in [2.75, 3.05) is 6.54 Å². The average molecular weight is 320 g/mol. The van der Waals surface area contributed by atoms with Gasteiger partial charge in [0.05, 0.1) is 6.10 Å². The van der Waals surface area contributed by atoms with Gasteiger partial charge in [-0.1, -0.05) is 15.9 Å². The first-order chi connectivity index (χ1) is 8.41. The fourth-order valence-electron chi connectivity index (χ4n) is 1.50. The van der Waals surface area contributed by atoms with Crippen molar-refractivity contribution in [3.8, 4) is 0 Å². The van der Waals surface area contributed by atoms with Crippen LogP contribution in [0.2, 0.25) is 0 Å². The molecule has 2 atom stereocenters. The van der Waals surface area contributed by atoms with E-state index in [0.717, 1.165) is 0 Å². The van der Waals surface area contributed by atoms with Crippen molar-refractivity contribution in [1.82, 2.24) is 5.32 Å². The van der Waals surface area contributed by atoms with Gasteiger partial charge in [0, 0.05) is 23.5 Å². The van der Waals surface area contributed by atoms with Gasteiger partial charge in [0.2, 0.25) is 5.91 Å². The molecule has 0 aliphatic carbocycles. The van der Waals surface area contributed by atoms with Gasteiger partial charge in [-0.3, -0.25) is 4.79 Å². The second-order valence-corrected chi connectivity index (χ2v) is 4.87. The summed E-state index contributed by atoms with van der Waals surface area (Å²) >= 11 is 3.17. The Balaban J connectivity index is 2.64. The van der Waals surface area contributed by atoms with Crippen molar-refractivity contribution < 1.29 is 19.4 Å². The molecule has 0 saturated carbocycles. The predicted octanol–water partition coefficient (Wildman–Crippen LogP) is 1.51. The zero-order chi connectivity index (χ0) is 13.7. The summed E-state index contributed by atoms with van der Waals surface area (Å²) in [6.07, 6.45) is -2.32. The molecule has 1 aromatic rings. The van der Waals surface area contributed by atoms with E-state index in [1.54, 1.807) is 0 Å². The molecule has 0 fully saturated rings. The third kappa shape index (κ3) is 4.36. The van der Waals surface area contributed by atoms with Crippen molar-refractivity contribution in [1.29, 1.82) is 0 Å². The minimum Gasteiger partial charge on any atom is -0.390 e. The number of aliphatic hydroxyl groups is 2. The molecular formula is C12H15BrFNO3. The van der Waals surface area contributed by atoms with E-state index in [-0.39, 0.29) is 24.4 Å². The third-order valence-electron chi connectivity index (χ3n) is 2.46. The summed E-state index contributed by atoms with van der Waals surface area (Å²) in [6.45, 7) is 1.58. The zero-order valence-electron chi connectivity index (χ0n) is 9.86. The normalized spacial score (nSPS) is 14.1. The van der Waals surface area contributed by atoms with Gasteiger partial charge in [-0.25, -0.2) is 4.39 Å². The smallest absolute Gasteiger partial charge is 0.216 e. The zero-order valence-corrected chi connectivity index (χ0v) is 11.4. The lowest BCUT2D eigenvalue weighted by atomic mass is 10.0. The van der Waals surface area contributed by atoms with E-state index in [1.165, 1.54) is 25.1 Å². The summed E-state index contributed by atoms with van der Waals surface area (Å²) in [6, 6.07) is 4.14. The van der Waals surface area contributed by atoms with Crippen LogP contribution in [0.25, 0.3) is 0 Å². The van der Waals surface area contributed by atoms with Crippen molar-refractivity contribution in [3.63, 3.8) is 0 Å². The van der Waals surface area contributed by atoms with Crippen LogP contribution in [0.15, 0.2) is 22.7 Å². The molecule has 100 valence electrons. The lowest BCUT2D eigenvalue weighted by molar-refractivity contribution is -0.119. The van der Waals surface area contributed by atoms with Gasteiger partial charge in [-0.15, -0.1) is 0 Å². The van der Waals surface area contributed by atoms with E-state index in [0.29, 0.717) is 4.47 Å².